The molecule has 0 spiro atoms. The Balaban J connectivity index is 1.44. The highest BCUT2D eigenvalue weighted by molar-refractivity contribution is 5.98. The van der Waals surface area contributed by atoms with E-state index in [1.807, 2.05) is 72.8 Å². The third kappa shape index (κ3) is 5.62. The van der Waals surface area contributed by atoms with Crippen LogP contribution in [0.25, 0.3) is 11.1 Å². The largest absolute Gasteiger partial charge is 0.294 e. The van der Waals surface area contributed by atoms with Gasteiger partial charge in [-0.05, 0) is 16.7 Å². The Hall–Kier alpha value is -3.24. The van der Waals surface area contributed by atoms with Crippen molar-refractivity contribution in [3.63, 3.8) is 0 Å². The minimum Gasteiger partial charge on any atom is -0.294 e. The van der Waals surface area contributed by atoms with Gasteiger partial charge in [0.1, 0.15) is 0 Å². The second-order valence-corrected chi connectivity index (χ2v) is 6.17. The number of carbonyl (C=O) groups excluding carboxylic acids is 2. The third-order valence-electron chi connectivity index (χ3n) is 4.16. The Morgan fingerprint density at radius 3 is 1.96 bits per heavy atom. The van der Waals surface area contributed by atoms with Crippen LogP contribution in [0.1, 0.15) is 28.8 Å². The zero-order chi connectivity index (χ0) is 18.9. The van der Waals surface area contributed by atoms with Gasteiger partial charge in [-0.15, -0.1) is 0 Å². The van der Waals surface area contributed by atoms with Crippen LogP contribution in [0.15, 0.2) is 84.9 Å². The SMILES string of the molecule is O=C(CCC(=O)c1ccc(-c2ccccc2)cc1)NOCc1ccccc1. The van der Waals surface area contributed by atoms with Crippen molar-refractivity contribution < 1.29 is 14.4 Å². The normalized spacial score (nSPS) is 10.4. The summed E-state index contributed by atoms with van der Waals surface area (Å²) in [6, 6.07) is 27.0. The van der Waals surface area contributed by atoms with Crippen LogP contribution in [0.2, 0.25) is 0 Å². The molecule has 0 heterocycles. The smallest absolute Gasteiger partial charge is 0.243 e. The zero-order valence-corrected chi connectivity index (χ0v) is 14.9. The second-order valence-electron chi connectivity index (χ2n) is 6.17. The van der Waals surface area contributed by atoms with Crippen LogP contribution in [0.5, 0.6) is 0 Å². The molecule has 1 N–H and O–H groups in total. The summed E-state index contributed by atoms with van der Waals surface area (Å²) < 4.78 is 0. The van der Waals surface area contributed by atoms with Crippen LogP contribution in [-0.4, -0.2) is 11.7 Å². The number of hydrogen-bond acceptors (Lipinski definition) is 3. The lowest BCUT2D eigenvalue weighted by Gasteiger charge is -2.06. The molecule has 0 fully saturated rings. The van der Waals surface area contributed by atoms with E-state index >= 15 is 0 Å². The summed E-state index contributed by atoms with van der Waals surface area (Å²) in [6.07, 6.45) is 0.235. The van der Waals surface area contributed by atoms with Gasteiger partial charge in [0.05, 0.1) is 6.61 Å². The van der Waals surface area contributed by atoms with Crippen molar-refractivity contribution in [2.24, 2.45) is 0 Å². The van der Waals surface area contributed by atoms with E-state index in [-0.39, 0.29) is 24.5 Å². The van der Waals surface area contributed by atoms with Crippen molar-refractivity contribution in [2.45, 2.75) is 19.4 Å². The van der Waals surface area contributed by atoms with Gasteiger partial charge in [0.15, 0.2) is 5.78 Å². The first-order valence-corrected chi connectivity index (χ1v) is 8.85. The molecule has 27 heavy (non-hydrogen) atoms. The van der Waals surface area contributed by atoms with E-state index in [4.69, 9.17) is 4.84 Å². The molecule has 0 aliphatic rings. The number of rotatable bonds is 8. The molecule has 0 aliphatic heterocycles. The Morgan fingerprint density at radius 2 is 1.30 bits per heavy atom. The predicted octanol–water partition coefficient (Wildman–Crippen LogP) is 4.56. The van der Waals surface area contributed by atoms with E-state index in [1.54, 1.807) is 12.1 Å². The van der Waals surface area contributed by atoms with Crippen LogP contribution in [0.3, 0.4) is 0 Å². The number of benzene rings is 3. The number of amides is 1. The summed E-state index contributed by atoms with van der Waals surface area (Å²) in [5.74, 6) is -0.368. The highest BCUT2D eigenvalue weighted by Crippen LogP contribution is 2.19. The number of hydroxylamine groups is 1. The van der Waals surface area contributed by atoms with Crippen molar-refractivity contribution in [3.05, 3.63) is 96.1 Å². The van der Waals surface area contributed by atoms with Crippen molar-refractivity contribution in [1.29, 1.82) is 0 Å². The first-order valence-electron chi connectivity index (χ1n) is 8.85. The molecule has 3 aromatic rings. The van der Waals surface area contributed by atoms with E-state index in [0.717, 1.165) is 16.7 Å². The summed E-state index contributed by atoms with van der Waals surface area (Å²) >= 11 is 0. The Kier molecular flexibility index (Phi) is 6.50. The topological polar surface area (TPSA) is 55.4 Å². The van der Waals surface area contributed by atoms with E-state index in [0.29, 0.717) is 12.2 Å². The maximum Gasteiger partial charge on any atom is 0.243 e. The zero-order valence-electron chi connectivity index (χ0n) is 14.9. The van der Waals surface area contributed by atoms with Crippen molar-refractivity contribution >= 4 is 11.7 Å². The van der Waals surface area contributed by atoms with Gasteiger partial charge < -0.3 is 0 Å². The van der Waals surface area contributed by atoms with Gasteiger partial charge in [-0.2, -0.15) is 0 Å². The highest BCUT2D eigenvalue weighted by atomic mass is 16.6. The maximum atomic E-state index is 12.3. The summed E-state index contributed by atoms with van der Waals surface area (Å²) in [7, 11) is 0. The lowest BCUT2D eigenvalue weighted by atomic mass is 10.0. The number of carbonyl (C=O) groups is 2. The molecular weight excluding hydrogens is 338 g/mol. The maximum absolute atomic E-state index is 12.3. The molecule has 0 saturated heterocycles. The van der Waals surface area contributed by atoms with Crippen LogP contribution < -0.4 is 5.48 Å². The quantitative estimate of drug-likeness (QED) is 0.474. The van der Waals surface area contributed by atoms with E-state index in [2.05, 4.69) is 5.48 Å². The van der Waals surface area contributed by atoms with Gasteiger partial charge in [0.2, 0.25) is 5.91 Å². The molecule has 0 radical (unpaired) electrons. The first-order chi connectivity index (χ1) is 13.2. The van der Waals surface area contributed by atoms with Crippen molar-refractivity contribution in [2.75, 3.05) is 0 Å². The Morgan fingerprint density at radius 1 is 0.704 bits per heavy atom. The fourth-order valence-corrected chi connectivity index (χ4v) is 2.68. The van der Waals surface area contributed by atoms with Gasteiger partial charge >= 0.3 is 0 Å². The Bertz CT molecular complexity index is 875. The number of nitrogens with one attached hydrogen (secondary N) is 1. The van der Waals surface area contributed by atoms with Gasteiger partial charge in [-0.1, -0.05) is 84.9 Å². The van der Waals surface area contributed by atoms with Gasteiger partial charge in [-0.3, -0.25) is 14.4 Å². The molecule has 1 amide bonds. The van der Waals surface area contributed by atoms with E-state index in [1.165, 1.54) is 0 Å². The molecule has 0 aromatic heterocycles. The van der Waals surface area contributed by atoms with Crippen molar-refractivity contribution in [3.8, 4) is 11.1 Å². The van der Waals surface area contributed by atoms with Crippen LogP contribution >= 0.6 is 0 Å². The molecule has 0 aliphatic carbocycles. The predicted molar refractivity (Wildman–Crippen MR) is 105 cm³/mol. The summed E-state index contributed by atoms with van der Waals surface area (Å²) in [4.78, 5) is 29.3. The third-order valence-corrected chi connectivity index (χ3v) is 4.16. The molecule has 0 saturated carbocycles. The highest BCUT2D eigenvalue weighted by Gasteiger charge is 2.10. The molecule has 3 rings (SSSR count). The number of hydrogen-bond donors (Lipinski definition) is 1. The van der Waals surface area contributed by atoms with Crippen LogP contribution in [0.4, 0.5) is 0 Å². The molecule has 0 bridgehead atoms. The lowest BCUT2D eigenvalue weighted by Crippen LogP contribution is -2.24. The molecule has 136 valence electrons. The van der Waals surface area contributed by atoms with Crippen LogP contribution in [0, 0.1) is 0 Å². The molecule has 0 unspecified atom stereocenters. The summed E-state index contributed by atoms with van der Waals surface area (Å²) in [6.45, 7) is 0.293. The number of Topliss-reactive ketones (excluding diaryl/α,β-unsaturated/α-hetero) is 1. The second kappa shape index (κ2) is 9.46. The molecule has 4 heteroatoms. The summed E-state index contributed by atoms with van der Waals surface area (Å²) in [5, 5.41) is 0. The van der Waals surface area contributed by atoms with Gasteiger partial charge in [-0.25, -0.2) is 5.48 Å². The number of ketones is 1. The molecule has 0 atom stereocenters. The average Bonchev–Trinajstić information content (AvgIpc) is 2.73. The monoisotopic (exact) mass is 359 g/mol. The lowest BCUT2D eigenvalue weighted by molar-refractivity contribution is -0.134. The summed E-state index contributed by atoms with van der Waals surface area (Å²) in [5.41, 5.74) is 6.10. The standard InChI is InChI=1S/C23H21NO3/c25-22(15-16-23(26)24-27-17-18-7-3-1-4-8-18)21-13-11-20(12-14-21)19-9-5-2-6-10-19/h1-14H,15-17H2,(H,24,26). The molecular formula is C23H21NO3. The van der Waals surface area contributed by atoms with Crippen LogP contribution in [-0.2, 0) is 16.2 Å². The van der Waals surface area contributed by atoms with Gasteiger partial charge in [0.25, 0.3) is 0 Å². The minimum atomic E-state index is -0.305. The minimum absolute atomic E-state index is 0.0622. The molecule has 3 aromatic carbocycles. The fraction of sp³-hybridized carbons (Fsp3) is 0.130. The van der Waals surface area contributed by atoms with Gasteiger partial charge in [0, 0.05) is 18.4 Å². The Labute approximate surface area is 158 Å². The molecule has 4 nitrogen and oxygen atoms in total. The van der Waals surface area contributed by atoms with E-state index in [9.17, 15) is 9.59 Å². The first kappa shape index (κ1) is 18.5. The fourth-order valence-electron chi connectivity index (χ4n) is 2.68. The van der Waals surface area contributed by atoms with E-state index < -0.39 is 0 Å². The van der Waals surface area contributed by atoms with Crippen molar-refractivity contribution in [1.82, 2.24) is 5.48 Å². The average molecular weight is 359 g/mol.